The lowest BCUT2D eigenvalue weighted by molar-refractivity contribution is 0.0524. The van der Waals surface area contributed by atoms with Gasteiger partial charge in [-0.25, -0.2) is 4.79 Å². The molecule has 1 rings (SSSR count). The number of amides is 1. The molecule has 0 spiro atoms. The molecule has 0 bridgehead atoms. The van der Waals surface area contributed by atoms with Crippen molar-refractivity contribution in [1.82, 2.24) is 5.32 Å². The van der Waals surface area contributed by atoms with E-state index >= 15 is 0 Å². The Bertz CT molecular complexity index is 304. The molecule has 1 aliphatic carbocycles. The van der Waals surface area contributed by atoms with Gasteiger partial charge in [-0.3, -0.25) is 0 Å². The zero-order valence-electron chi connectivity index (χ0n) is 9.93. The minimum Gasteiger partial charge on any atom is -0.444 e. The predicted molar refractivity (Wildman–Crippen MR) is 59.8 cm³/mol. The number of carbonyl (C=O) groups excluding carboxylic acids is 1. The van der Waals surface area contributed by atoms with Crippen molar-refractivity contribution in [3.8, 4) is 0 Å². The molecule has 1 N–H and O–H groups in total. The normalized spacial score (nSPS) is 23.2. The van der Waals surface area contributed by atoms with Crippen molar-refractivity contribution in [2.75, 3.05) is 13.1 Å². The Morgan fingerprint density at radius 2 is 2.25 bits per heavy atom. The average molecular weight is 226 g/mol. The van der Waals surface area contributed by atoms with Gasteiger partial charge in [-0.05, 0) is 44.6 Å². The largest absolute Gasteiger partial charge is 0.444 e. The summed E-state index contributed by atoms with van der Waals surface area (Å²) >= 11 is 0. The average Bonchev–Trinajstić information content (AvgIpc) is 2.87. The van der Waals surface area contributed by atoms with Crippen LogP contribution in [0, 0.1) is 11.8 Å². The lowest BCUT2D eigenvalue weighted by atomic mass is 10.2. The van der Waals surface area contributed by atoms with Gasteiger partial charge in [-0.2, -0.15) is 0 Å². The van der Waals surface area contributed by atoms with Crippen molar-refractivity contribution in [3.63, 3.8) is 0 Å². The van der Waals surface area contributed by atoms with Crippen LogP contribution in [-0.2, 0) is 4.74 Å². The maximum absolute atomic E-state index is 11.3. The van der Waals surface area contributed by atoms with Crippen molar-refractivity contribution < 1.29 is 9.53 Å². The van der Waals surface area contributed by atoms with Gasteiger partial charge in [0.05, 0.1) is 0 Å². The van der Waals surface area contributed by atoms with E-state index in [-0.39, 0.29) is 6.09 Å². The Morgan fingerprint density at radius 1 is 1.56 bits per heavy atom. The molecule has 0 aliphatic heterocycles. The molecule has 0 radical (unpaired) electrons. The Labute approximate surface area is 95.0 Å². The molecule has 0 aromatic heterocycles. The van der Waals surface area contributed by atoms with Crippen molar-refractivity contribution in [2.24, 2.45) is 17.0 Å². The van der Waals surface area contributed by atoms with Gasteiger partial charge in [0.1, 0.15) is 5.60 Å². The van der Waals surface area contributed by atoms with Crippen LogP contribution in [-0.4, -0.2) is 24.8 Å². The van der Waals surface area contributed by atoms with Gasteiger partial charge in [-0.15, -0.1) is 0 Å². The van der Waals surface area contributed by atoms with Crippen molar-refractivity contribution >= 4 is 6.09 Å². The van der Waals surface area contributed by atoms with Crippen LogP contribution >= 0.6 is 0 Å². The minimum absolute atomic E-state index is 0.387. The number of carbonyl (C=O) groups is 1. The summed E-state index contributed by atoms with van der Waals surface area (Å²) < 4.78 is 5.10. The molecule has 6 heteroatoms. The summed E-state index contributed by atoms with van der Waals surface area (Å²) in [7, 11) is 0. The van der Waals surface area contributed by atoms with Gasteiger partial charge in [-0.1, -0.05) is 5.11 Å². The molecule has 16 heavy (non-hydrogen) atoms. The third kappa shape index (κ3) is 4.89. The summed E-state index contributed by atoms with van der Waals surface area (Å²) in [5.41, 5.74) is 7.68. The van der Waals surface area contributed by atoms with Crippen LogP contribution in [0.15, 0.2) is 5.11 Å². The summed E-state index contributed by atoms with van der Waals surface area (Å²) in [6.45, 7) is 6.61. The fourth-order valence-corrected chi connectivity index (χ4v) is 1.45. The highest BCUT2D eigenvalue weighted by Gasteiger charge is 2.36. The van der Waals surface area contributed by atoms with E-state index in [0.29, 0.717) is 24.9 Å². The zero-order chi connectivity index (χ0) is 12.2. The third-order valence-electron chi connectivity index (χ3n) is 2.36. The molecule has 1 fully saturated rings. The van der Waals surface area contributed by atoms with E-state index in [0.717, 1.165) is 6.42 Å². The molecule has 90 valence electrons. The van der Waals surface area contributed by atoms with Crippen LogP contribution in [0.25, 0.3) is 10.4 Å². The molecule has 1 aliphatic rings. The number of alkyl carbamates (subject to hydrolysis) is 1. The number of rotatable bonds is 4. The summed E-state index contributed by atoms with van der Waals surface area (Å²) in [6, 6.07) is 0. The van der Waals surface area contributed by atoms with E-state index in [1.807, 2.05) is 20.8 Å². The summed E-state index contributed by atoms with van der Waals surface area (Å²) in [6.07, 6.45) is 0.622. The summed E-state index contributed by atoms with van der Waals surface area (Å²) in [4.78, 5) is 14.0. The first kappa shape index (κ1) is 12.6. The second kappa shape index (κ2) is 5.07. The number of azide groups is 1. The molecule has 0 aromatic carbocycles. The van der Waals surface area contributed by atoms with Crippen LogP contribution < -0.4 is 5.32 Å². The van der Waals surface area contributed by atoms with Gasteiger partial charge >= 0.3 is 6.09 Å². The standard InChI is InChI=1S/C10H18N4O2/c1-10(2,3)16-9(15)12-5-7-4-8(7)6-13-14-11/h7-8H,4-6H2,1-3H3,(H,12,15)/t7-,8+/m0/s1. The molecule has 0 saturated heterocycles. The quantitative estimate of drug-likeness (QED) is 0.453. The molecule has 1 amide bonds. The number of hydrogen-bond acceptors (Lipinski definition) is 3. The predicted octanol–water partition coefficient (Wildman–Crippen LogP) is 2.46. The fraction of sp³-hybridized carbons (Fsp3) is 0.900. The minimum atomic E-state index is -0.460. The van der Waals surface area contributed by atoms with Crippen LogP contribution in [0.4, 0.5) is 4.79 Å². The first-order valence-electron chi connectivity index (χ1n) is 5.40. The van der Waals surface area contributed by atoms with Crippen molar-refractivity contribution in [1.29, 1.82) is 0 Å². The highest BCUT2D eigenvalue weighted by Crippen LogP contribution is 2.37. The smallest absolute Gasteiger partial charge is 0.407 e. The highest BCUT2D eigenvalue weighted by atomic mass is 16.6. The summed E-state index contributed by atoms with van der Waals surface area (Å²) in [5.74, 6) is 0.851. The third-order valence-corrected chi connectivity index (χ3v) is 2.36. The lowest BCUT2D eigenvalue weighted by Gasteiger charge is -2.19. The highest BCUT2D eigenvalue weighted by molar-refractivity contribution is 5.67. The lowest BCUT2D eigenvalue weighted by Crippen LogP contribution is -2.33. The van der Waals surface area contributed by atoms with Gasteiger partial charge in [0.25, 0.3) is 0 Å². The monoisotopic (exact) mass is 226 g/mol. The zero-order valence-corrected chi connectivity index (χ0v) is 9.93. The molecular formula is C10H18N4O2. The van der Waals surface area contributed by atoms with E-state index in [4.69, 9.17) is 10.3 Å². The molecule has 1 saturated carbocycles. The molecule has 2 atom stereocenters. The van der Waals surface area contributed by atoms with E-state index in [1.54, 1.807) is 0 Å². The number of nitrogens with zero attached hydrogens (tertiary/aromatic N) is 3. The topological polar surface area (TPSA) is 87.1 Å². The first-order valence-corrected chi connectivity index (χ1v) is 5.40. The molecule has 0 unspecified atom stereocenters. The molecule has 6 nitrogen and oxygen atoms in total. The molecule has 0 aromatic rings. The van der Waals surface area contributed by atoms with Crippen LogP contribution in [0.2, 0.25) is 0 Å². The maximum Gasteiger partial charge on any atom is 0.407 e. The van der Waals surface area contributed by atoms with E-state index in [1.165, 1.54) is 0 Å². The number of ether oxygens (including phenoxy) is 1. The Hall–Kier alpha value is -1.42. The first-order chi connectivity index (χ1) is 7.42. The van der Waals surface area contributed by atoms with Crippen LogP contribution in [0.5, 0.6) is 0 Å². The number of nitrogens with one attached hydrogen (secondary N) is 1. The second-order valence-corrected chi connectivity index (χ2v) is 5.05. The summed E-state index contributed by atoms with van der Waals surface area (Å²) in [5, 5.41) is 6.22. The Morgan fingerprint density at radius 3 is 2.81 bits per heavy atom. The Balaban J connectivity index is 2.13. The Kier molecular flexibility index (Phi) is 4.01. The van der Waals surface area contributed by atoms with Crippen molar-refractivity contribution in [2.45, 2.75) is 32.8 Å². The maximum atomic E-state index is 11.3. The number of hydrogen-bond donors (Lipinski definition) is 1. The van der Waals surface area contributed by atoms with E-state index < -0.39 is 5.60 Å². The van der Waals surface area contributed by atoms with Crippen LogP contribution in [0.1, 0.15) is 27.2 Å². The van der Waals surface area contributed by atoms with E-state index in [2.05, 4.69) is 15.3 Å². The molecule has 0 heterocycles. The van der Waals surface area contributed by atoms with Crippen molar-refractivity contribution in [3.05, 3.63) is 10.4 Å². The van der Waals surface area contributed by atoms with Gasteiger partial charge in [0.2, 0.25) is 0 Å². The van der Waals surface area contributed by atoms with Crippen LogP contribution in [0.3, 0.4) is 0 Å². The fourth-order valence-electron chi connectivity index (χ4n) is 1.45. The van der Waals surface area contributed by atoms with Gasteiger partial charge in [0.15, 0.2) is 0 Å². The second-order valence-electron chi connectivity index (χ2n) is 5.05. The van der Waals surface area contributed by atoms with E-state index in [9.17, 15) is 4.79 Å². The van der Waals surface area contributed by atoms with Gasteiger partial charge < -0.3 is 10.1 Å². The van der Waals surface area contributed by atoms with Gasteiger partial charge in [0, 0.05) is 18.0 Å². The molecular weight excluding hydrogens is 208 g/mol. The SMILES string of the molecule is CC(C)(C)OC(=O)NC[C@@H]1C[C@@H]1CN=[N+]=[N-].